The van der Waals surface area contributed by atoms with Crippen LogP contribution in [0.1, 0.15) is 86.6 Å². The highest BCUT2D eigenvalue weighted by atomic mass is 16.2. The van der Waals surface area contributed by atoms with Gasteiger partial charge in [-0.25, -0.2) is 0 Å². The van der Waals surface area contributed by atoms with E-state index < -0.39 is 83.3 Å². The molecule has 6 amide bonds. The van der Waals surface area contributed by atoms with Crippen LogP contribution in [-0.2, 0) is 41.6 Å². The number of hydrogen-bond acceptors (Lipinski definition) is 8. The molecule has 1 spiro atoms. The molecular weight excluding hydrogens is 825 g/mol. The lowest BCUT2D eigenvalue weighted by Gasteiger charge is -2.37. The van der Waals surface area contributed by atoms with Crippen LogP contribution in [0.5, 0.6) is 0 Å². The Balaban J connectivity index is 1.14. The number of nitrogens with two attached hydrogens (primary N) is 1. The van der Waals surface area contributed by atoms with Gasteiger partial charge in [0.05, 0.1) is 17.7 Å². The molecule has 8 N–H and O–H groups in total. The van der Waals surface area contributed by atoms with Crippen molar-refractivity contribution in [1.29, 1.82) is 5.26 Å². The van der Waals surface area contributed by atoms with Gasteiger partial charge in [0, 0.05) is 59.6 Å². The number of nitriles is 1. The quantitative estimate of drug-likeness (QED) is 0.133. The number of nitrogens with one attached hydrogen (secondary N) is 6. The molecule has 65 heavy (non-hydrogen) atoms. The fraction of sp³-hybridized carbons (Fsp3) is 0.408. The van der Waals surface area contributed by atoms with Crippen LogP contribution >= 0.6 is 0 Å². The van der Waals surface area contributed by atoms with E-state index in [0.29, 0.717) is 43.2 Å². The van der Waals surface area contributed by atoms with E-state index in [2.05, 4.69) is 37.3 Å². The molecular formula is C49H54N10O6. The molecule has 1 aliphatic carbocycles. The lowest BCUT2D eigenvalue weighted by molar-refractivity contribution is -0.150. The van der Waals surface area contributed by atoms with E-state index in [9.17, 15) is 29.2 Å². The minimum atomic E-state index is -1.43. The summed E-state index contributed by atoms with van der Waals surface area (Å²) in [6, 6.07) is 17.0. The Bertz CT molecular complexity index is 2710. The normalized spacial score (nSPS) is 25.9. The van der Waals surface area contributed by atoms with E-state index in [4.69, 9.17) is 5.73 Å². The fourth-order valence-corrected chi connectivity index (χ4v) is 10.6. The average molecular weight is 879 g/mol. The van der Waals surface area contributed by atoms with Gasteiger partial charge in [-0.1, -0.05) is 61.4 Å². The van der Waals surface area contributed by atoms with Crippen LogP contribution < -0.4 is 27.0 Å². The van der Waals surface area contributed by atoms with Crippen LogP contribution in [-0.4, -0.2) is 104 Å². The summed E-state index contributed by atoms with van der Waals surface area (Å²) in [5.74, 6) is -3.35. The number of nitrogens with zero attached hydrogens (tertiary/aromatic N) is 3. The molecule has 1 saturated carbocycles. The third kappa shape index (κ3) is 8.32. The summed E-state index contributed by atoms with van der Waals surface area (Å²) in [7, 11) is 0. The van der Waals surface area contributed by atoms with Crippen LogP contribution in [0.25, 0.3) is 21.8 Å². The molecule has 2 aromatic heterocycles. The molecule has 336 valence electrons. The smallest absolute Gasteiger partial charge is 0.247 e. The zero-order chi connectivity index (χ0) is 45.4. The van der Waals surface area contributed by atoms with Gasteiger partial charge in [0.15, 0.2) is 0 Å². The van der Waals surface area contributed by atoms with Crippen molar-refractivity contribution in [2.75, 3.05) is 6.54 Å². The molecule has 3 aliphatic heterocycles. The number of carbonyl (C=O) groups is 6. The molecule has 1 unspecified atom stereocenters. The number of H-pyrrole nitrogens is 2. The van der Waals surface area contributed by atoms with Gasteiger partial charge in [0.25, 0.3) is 0 Å². The van der Waals surface area contributed by atoms with Gasteiger partial charge in [0.2, 0.25) is 35.4 Å². The molecule has 0 bridgehead atoms. The van der Waals surface area contributed by atoms with E-state index in [0.717, 1.165) is 32.9 Å². The molecule has 0 radical (unpaired) electrons. The maximum Gasteiger partial charge on any atom is 0.247 e. The van der Waals surface area contributed by atoms with Gasteiger partial charge >= 0.3 is 0 Å². The molecule has 16 heteroatoms. The second kappa shape index (κ2) is 17.9. The first-order valence-electron chi connectivity index (χ1n) is 22.7. The molecule has 4 fully saturated rings. The van der Waals surface area contributed by atoms with Crippen molar-refractivity contribution in [2.45, 2.75) is 119 Å². The number of para-hydroxylation sites is 2. The summed E-state index contributed by atoms with van der Waals surface area (Å²) in [4.78, 5) is 98.7. The molecule has 9 rings (SSSR count). The highest BCUT2D eigenvalue weighted by Gasteiger charge is 2.50. The van der Waals surface area contributed by atoms with E-state index in [-0.39, 0.29) is 38.6 Å². The summed E-state index contributed by atoms with van der Waals surface area (Å²) >= 11 is 0. The van der Waals surface area contributed by atoms with Crippen LogP contribution in [0.15, 0.2) is 85.2 Å². The average Bonchev–Trinajstić information content (AvgIpc) is 4.18. The predicted octanol–water partition coefficient (Wildman–Crippen LogP) is 3.27. The number of aromatic nitrogens is 2. The molecule has 7 atom stereocenters. The third-order valence-electron chi connectivity index (χ3n) is 14.0. The van der Waals surface area contributed by atoms with Gasteiger partial charge < -0.3 is 46.8 Å². The SMILES string of the molecule is CC(N)[C@@H]1NC(=O)[C@H](Cc2c[nH]c3ccccc23)NC(=O)C2(CCCC2)NC(=O)[C@H](Cc2c[nH]c3ccccc23)NC(=O)[C@@H]2CC[C@@H](c3cccc(C#N)c3)N2C(=O)[C@H]2CCCN2C1=O. The Morgan fingerprint density at radius 1 is 0.708 bits per heavy atom. The summed E-state index contributed by atoms with van der Waals surface area (Å²) in [6.07, 6.45) is 6.89. The van der Waals surface area contributed by atoms with Crippen LogP contribution in [0, 0.1) is 11.3 Å². The maximum absolute atomic E-state index is 15.2. The van der Waals surface area contributed by atoms with Crippen molar-refractivity contribution >= 4 is 57.2 Å². The zero-order valence-corrected chi connectivity index (χ0v) is 36.3. The molecule has 3 saturated heterocycles. The Morgan fingerprint density at radius 3 is 1.98 bits per heavy atom. The first-order valence-corrected chi connectivity index (χ1v) is 22.7. The van der Waals surface area contributed by atoms with Gasteiger partial charge in [-0.05, 0) is 86.4 Å². The Hall–Kier alpha value is -6.99. The standard InChI is InChI=1S/C49H54N10O6/c1-28(51)42-47(64)58-21-9-16-41(58)46(63)59-39(30-11-8-10-29(22-30)25-50)17-18-40(59)45(62)54-38(24-32-27-53-36-15-5-3-13-34(32)36)44(61)57-49(19-6-7-20-49)48(65)55-37(43(60)56-42)23-31-26-52-35-14-4-2-12-33(31)35/h2-5,8,10-15,22,26-28,37-42,52-53H,6-7,9,16-21,23-24,51H2,1H3,(H,54,62)(H,55,65)(H,56,60)(H,57,61)/t28?,37-,38-,39-,40-,41+,42-/m0/s1. The minimum Gasteiger partial charge on any atom is -0.361 e. The van der Waals surface area contributed by atoms with Crippen LogP contribution in [0.2, 0.25) is 0 Å². The van der Waals surface area contributed by atoms with Crippen molar-refractivity contribution in [3.63, 3.8) is 0 Å². The van der Waals surface area contributed by atoms with Gasteiger partial charge in [-0.3, -0.25) is 28.8 Å². The van der Waals surface area contributed by atoms with Gasteiger partial charge in [-0.2, -0.15) is 5.26 Å². The number of amides is 6. The molecule has 4 aliphatic rings. The first kappa shape index (κ1) is 43.3. The first-order chi connectivity index (χ1) is 31.4. The predicted molar refractivity (Wildman–Crippen MR) is 241 cm³/mol. The summed E-state index contributed by atoms with van der Waals surface area (Å²) in [6.45, 7) is 1.81. The Kier molecular flexibility index (Phi) is 11.9. The summed E-state index contributed by atoms with van der Waals surface area (Å²) in [5, 5.41) is 23.5. The lowest BCUT2D eigenvalue weighted by Crippen LogP contribution is -2.66. The zero-order valence-electron chi connectivity index (χ0n) is 36.3. The monoisotopic (exact) mass is 878 g/mol. The highest BCUT2D eigenvalue weighted by Crippen LogP contribution is 2.39. The molecule has 3 aromatic carbocycles. The number of benzene rings is 3. The van der Waals surface area contributed by atoms with Crippen molar-refractivity contribution in [3.8, 4) is 6.07 Å². The van der Waals surface area contributed by atoms with Gasteiger partial charge in [0.1, 0.15) is 35.7 Å². The van der Waals surface area contributed by atoms with Crippen molar-refractivity contribution in [1.82, 2.24) is 41.0 Å². The van der Waals surface area contributed by atoms with Gasteiger partial charge in [-0.15, -0.1) is 0 Å². The topological polar surface area (TPSA) is 238 Å². The Labute approximate surface area is 376 Å². The van der Waals surface area contributed by atoms with Crippen molar-refractivity contribution in [3.05, 3.63) is 107 Å². The van der Waals surface area contributed by atoms with Crippen molar-refractivity contribution in [2.24, 2.45) is 5.73 Å². The number of carbonyl (C=O) groups excluding carboxylic acids is 6. The number of hydrogen-bond donors (Lipinski definition) is 7. The Morgan fingerprint density at radius 2 is 1.34 bits per heavy atom. The van der Waals surface area contributed by atoms with Crippen LogP contribution in [0.4, 0.5) is 0 Å². The van der Waals surface area contributed by atoms with Crippen molar-refractivity contribution < 1.29 is 28.8 Å². The lowest BCUT2D eigenvalue weighted by atomic mass is 9.93. The summed E-state index contributed by atoms with van der Waals surface area (Å²) < 4.78 is 0. The van der Waals surface area contributed by atoms with Crippen LogP contribution in [0.3, 0.4) is 0 Å². The maximum atomic E-state index is 15.2. The van der Waals surface area contributed by atoms with E-state index >= 15 is 4.79 Å². The highest BCUT2D eigenvalue weighted by molar-refractivity contribution is 6.01. The number of rotatable bonds is 6. The number of fused-ring (bicyclic) bond motifs is 4. The molecule has 16 nitrogen and oxygen atoms in total. The minimum absolute atomic E-state index is 0.0420. The fourth-order valence-electron chi connectivity index (χ4n) is 10.6. The molecule has 5 aromatic rings. The second-order valence-electron chi connectivity index (χ2n) is 18.1. The largest absolute Gasteiger partial charge is 0.361 e. The van der Waals surface area contributed by atoms with E-state index in [1.54, 1.807) is 37.5 Å². The van der Waals surface area contributed by atoms with E-state index in [1.807, 2.05) is 54.6 Å². The molecule has 5 heterocycles. The van der Waals surface area contributed by atoms with E-state index in [1.165, 1.54) is 9.80 Å². The summed E-state index contributed by atoms with van der Waals surface area (Å²) in [5.41, 5.74) is 9.30. The third-order valence-corrected chi connectivity index (χ3v) is 14.0. The second-order valence-corrected chi connectivity index (χ2v) is 18.1. The number of aromatic amines is 2.